The summed E-state index contributed by atoms with van der Waals surface area (Å²) in [4.78, 5) is 27.0. The first-order valence-corrected chi connectivity index (χ1v) is 10.4. The lowest BCUT2D eigenvalue weighted by Crippen LogP contribution is -2.50. The lowest BCUT2D eigenvalue weighted by molar-refractivity contribution is -0.142. The number of nitrogens with zero attached hydrogens (tertiary/aromatic N) is 1. The summed E-state index contributed by atoms with van der Waals surface area (Å²) in [5, 5.41) is 3.61. The average molecular weight is 455 g/mol. The molecule has 162 valence electrons. The maximum absolute atomic E-state index is 13.2. The second-order valence-electron chi connectivity index (χ2n) is 7.01. The first-order valence-electron chi connectivity index (χ1n) is 9.63. The van der Waals surface area contributed by atoms with Gasteiger partial charge >= 0.3 is 0 Å². The molecule has 1 N–H and O–H groups in total. The van der Waals surface area contributed by atoms with E-state index in [1.54, 1.807) is 31.2 Å². The Labute approximate surface area is 186 Å². The summed E-state index contributed by atoms with van der Waals surface area (Å²) in [5.41, 5.74) is 0.692. The first kappa shape index (κ1) is 24.0. The number of carbonyl (C=O) groups is 2. The summed E-state index contributed by atoms with van der Waals surface area (Å²) in [5.74, 6) is -0.741. The van der Waals surface area contributed by atoms with Crippen molar-refractivity contribution in [1.29, 1.82) is 0 Å². The van der Waals surface area contributed by atoms with Crippen molar-refractivity contribution in [1.82, 2.24) is 10.2 Å². The fourth-order valence-electron chi connectivity index (χ4n) is 2.65. The van der Waals surface area contributed by atoms with E-state index in [2.05, 4.69) is 5.32 Å². The molecule has 2 unspecified atom stereocenters. The van der Waals surface area contributed by atoms with Crippen molar-refractivity contribution in [2.24, 2.45) is 0 Å². The number of carbonyl (C=O) groups excluding carboxylic acids is 2. The van der Waals surface area contributed by atoms with Crippen molar-refractivity contribution in [3.05, 3.63) is 63.9 Å². The van der Waals surface area contributed by atoms with Gasteiger partial charge in [-0.3, -0.25) is 9.59 Å². The molecule has 0 fully saturated rings. The molecule has 2 aromatic carbocycles. The highest BCUT2D eigenvalue weighted by atomic mass is 35.5. The van der Waals surface area contributed by atoms with E-state index in [1.165, 1.54) is 23.1 Å². The molecule has 0 aliphatic heterocycles. The summed E-state index contributed by atoms with van der Waals surface area (Å²) < 4.78 is 18.8. The topological polar surface area (TPSA) is 58.6 Å². The van der Waals surface area contributed by atoms with E-state index < -0.39 is 11.9 Å². The molecule has 0 aliphatic rings. The zero-order valence-electron chi connectivity index (χ0n) is 17.1. The van der Waals surface area contributed by atoms with E-state index in [4.69, 9.17) is 27.9 Å². The second-order valence-corrected chi connectivity index (χ2v) is 7.85. The lowest BCUT2D eigenvalue weighted by Gasteiger charge is -2.29. The third kappa shape index (κ3) is 6.89. The molecule has 2 amide bonds. The molecule has 0 heterocycles. The van der Waals surface area contributed by atoms with Gasteiger partial charge in [0.25, 0.3) is 5.91 Å². The smallest absolute Gasteiger partial charge is 0.261 e. The van der Waals surface area contributed by atoms with Gasteiger partial charge in [-0.1, -0.05) is 42.3 Å². The van der Waals surface area contributed by atoms with Gasteiger partial charge in [0, 0.05) is 17.6 Å². The van der Waals surface area contributed by atoms with Crippen LogP contribution in [0.15, 0.2) is 42.5 Å². The number of benzene rings is 2. The zero-order chi connectivity index (χ0) is 22.3. The predicted octanol–water partition coefficient (Wildman–Crippen LogP) is 4.84. The van der Waals surface area contributed by atoms with Crippen molar-refractivity contribution in [2.75, 3.05) is 6.61 Å². The van der Waals surface area contributed by atoms with Crippen LogP contribution in [0.25, 0.3) is 0 Å². The summed E-state index contributed by atoms with van der Waals surface area (Å²) in [6.07, 6.45) is 0.766. The number of hydrogen-bond acceptors (Lipinski definition) is 3. The number of ether oxygens (including phenoxy) is 1. The first-order chi connectivity index (χ1) is 14.2. The lowest BCUT2D eigenvalue weighted by atomic mass is 10.1. The second kappa shape index (κ2) is 11.2. The highest BCUT2D eigenvalue weighted by molar-refractivity contribution is 6.35. The number of amides is 2. The molecule has 2 aromatic rings. The number of nitrogens with one attached hydrogen (secondary N) is 1. The van der Waals surface area contributed by atoms with Gasteiger partial charge in [0.2, 0.25) is 5.91 Å². The van der Waals surface area contributed by atoms with Crippen LogP contribution >= 0.6 is 23.2 Å². The largest absolute Gasteiger partial charge is 0.482 e. The van der Waals surface area contributed by atoms with E-state index in [9.17, 15) is 14.0 Å². The molecular weight excluding hydrogens is 430 g/mol. The maximum atomic E-state index is 13.2. The van der Waals surface area contributed by atoms with Crippen LogP contribution in [0.1, 0.15) is 32.8 Å². The normalized spacial score (nSPS) is 12.7. The Morgan fingerprint density at radius 3 is 2.40 bits per heavy atom. The van der Waals surface area contributed by atoms with Gasteiger partial charge in [0.15, 0.2) is 6.61 Å². The van der Waals surface area contributed by atoms with Crippen LogP contribution in [-0.4, -0.2) is 35.4 Å². The maximum Gasteiger partial charge on any atom is 0.261 e. The highest BCUT2D eigenvalue weighted by Crippen LogP contribution is 2.27. The van der Waals surface area contributed by atoms with Gasteiger partial charge in [-0.25, -0.2) is 4.39 Å². The monoisotopic (exact) mass is 454 g/mol. The molecular formula is C22H25Cl2FN2O3. The third-order valence-electron chi connectivity index (χ3n) is 4.68. The summed E-state index contributed by atoms with van der Waals surface area (Å²) >= 11 is 12.0. The summed E-state index contributed by atoms with van der Waals surface area (Å²) in [7, 11) is 0. The molecule has 5 nitrogen and oxygen atoms in total. The molecule has 0 aliphatic carbocycles. The van der Waals surface area contributed by atoms with Crippen LogP contribution < -0.4 is 10.1 Å². The standard InChI is InChI=1S/C22H25Cl2FN2O3/c1-4-14(2)26-22(29)15(3)27(12-16-5-8-18(25)9-6-16)21(28)13-30-20-10-7-17(23)11-19(20)24/h5-11,14-15H,4,12-13H2,1-3H3,(H,26,29). The van der Waals surface area contributed by atoms with Gasteiger partial charge in [0.05, 0.1) is 5.02 Å². The van der Waals surface area contributed by atoms with Crippen LogP contribution in [0.2, 0.25) is 10.0 Å². The van der Waals surface area contributed by atoms with E-state index in [0.717, 1.165) is 6.42 Å². The predicted molar refractivity (Wildman–Crippen MR) is 116 cm³/mol. The van der Waals surface area contributed by atoms with E-state index >= 15 is 0 Å². The van der Waals surface area contributed by atoms with Crippen LogP contribution in [0.5, 0.6) is 5.75 Å². The SMILES string of the molecule is CCC(C)NC(=O)C(C)N(Cc1ccc(F)cc1)C(=O)COc1ccc(Cl)cc1Cl. The minimum absolute atomic E-state index is 0.0214. The fraction of sp³-hybridized carbons (Fsp3) is 0.364. The summed E-state index contributed by atoms with van der Waals surface area (Å²) in [6.45, 7) is 5.31. The quantitative estimate of drug-likeness (QED) is 0.589. The molecule has 8 heteroatoms. The van der Waals surface area contributed by atoms with Gasteiger partial charge in [0.1, 0.15) is 17.6 Å². The Morgan fingerprint density at radius 1 is 1.13 bits per heavy atom. The van der Waals surface area contributed by atoms with Crippen molar-refractivity contribution < 1.29 is 18.7 Å². The molecule has 0 saturated carbocycles. The van der Waals surface area contributed by atoms with Crippen molar-refractivity contribution >= 4 is 35.0 Å². The summed E-state index contributed by atoms with van der Waals surface area (Å²) in [6, 6.07) is 9.69. The molecule has 0 saturated heterocycles. The molecule has 0 spiro atoms. The molecule has 30 heavy (non-hydrogen) atoms. The Balaban J connectivity index is 2.16. The van der Waals surface area contributed by atoms with Gasteiger partial charge in [-0.15, -0.1) is 0 Å². The minimum atomic E-state index is -0.749. The van der Waals surface area contributed by atoms with Crippen molar-refractivity contribution in [3.63, 3.8) is 0 Å². The Kier molecular flexibility index (Phi) is 8.93. The van der Waals surface area contributed by atoms with Crippen molar-refractivity contribution in [2.45, 2.75) is 45.8 Å². The van der Waals surface area contributed by atoms with Gasteiger partial charge < -0.3 is 15.0 Å². The zero-order valence-corrected chi connectivity index (χ0v) is 18.6. The van der Waals surface area contributed by atoms with Crippen LogP contribution in [0.4, 0.5) is 4.39 Å². The van der Waals surface area contributed by atoms with E-state index in [1.807, 2.05) is 13.8 Å². The van der Waals surface area contributed by atoms with Crippen LogP contribution in [0, 0.1) is 5.82 Å². The van der Waals surface area contributed by atoms with Crippen LogP contribution in [-0.2, 0) is 16.1 Å². The van der Waals surface area contributed by atoms with Gasteiger partial charge in [-0.2, -0.15) is 0 Å². The van der Waals surface area contributed by atoms with Crippen LogP contribution in [0.3, 0.4) is 0 Å². The van der Waals surface area contributed by atoms with E-state index in [-0.39, 0.29) is 35.9 Å². The molecule has 0 bridgehead atoms. The van der Waals surface area contributed by atoms with Crippen molar-refractivity contribution in [3.8, 4) is 5.75 Å². The Morgan fingerprint density at radius 2 is 1.80 bits per heavy atom. The molecule has 0 radical (unpaired) electrons. The third-order valence-corrected chi connectivity index (χ3v) is 5.21. The molecule has 2 atom stereocenters. The molecule has 2 rings (SSSR count). The minimum Gasteiger partial charge on any atom is -0.482 e. The Hall–Kier alpha value is -2.31. The number of halogens is 3. The number of rotatable bonds is 9. The average Bonchev–Trinajstić information content (AvgIpc) is 2.71. The highest BCUT2D eigenvalue weighted by Gasteiger charge is 2.27. The fourth-order valence-corrected chi connectivity index (χ4v) is 3.11. The Bertz CT molecular complexity index is 877. The van der Waals surface area contributed by atoms with Gasteiger partial charge in [-0.05, 0) is 56.2 Å². The molecule has 0 aromatic heterocycles. The van der Waals surface area contributed by atoms with E-state index in [0.29, 0.717) is 16.3 Å². The number of hydrogen-bond donors (Lipinski definition) is 1.